The summed E-state index contributed by atoms with van der Waals surface area (Å²) in [5.74, 6) is 6.03. The topological polar surface area (TPSA) is 0 Å². The Bertz CT molecular complexity index is 326. The van der Waals surface area contributed by atoms with E-state index in [9.17, 15) is 0 Å². The van der Waals surface area contributed by atoms with E-state index in [2.05, 4.69) is 30.3 Å². The number of rotatable bonds is 1. The lowest BCUT2D eigenvalue weighted by Gasteiger charge is -2.06. The maximum absolute atomic E-state index is 2.30. The average Bonchev–Trinajstić information content (AvgIpc) is 2.65. The Labute approximate surface area is 79.0 Å². The molecule has 1 aromatic carbocycles. The van der Waals surface area contributed by atoms with Gasteiger partial charge in [0.15, 0.2) is 0 Å². The van der Waals surface area contributed by atoms with Gasteiger partial charge in [-0.05, 0) is 42.9 Å². The van der Waals surface area contributed by atoms with Crippen LogP contribution in [0, 0.1) is 29.6 Å². The molecular formula is C13H13+. The van der Waals surface area contributed by atoms with Crippen molar-refractivity contribution in [3.8, 4) is 0 Å². The van der Waals surface area contributed by atoms with Crippen molar-refractivity contribution in [1.82, 2.24) is 0 Å². The predicted octanol–water partition coefficient (Wildman–Crippen LogP) is 2.89. The molecule has 4 saturated carbocycles. The highest BCUT2D eigenvalue weighted by Crippen LogP contribution is 2.75. The molecule has 0 nitrogen and oxygen atoms in total. The molecule has 0 spiro atoms. The van der Waals surface area contributed by atoms with Crippen molar-refractivity contribution in [3.63, 3.8) is 0 Å². The third-order valence-corrected chi connectivity index (χ3v) is 4.35. The molecule has 13 heavy (non-hydrogen) atoms. The van der Waals surface area contributed by atoms with Crippen molar-refractivity contribution < 1.29 is 0 Å². The zero-order chi connectivity index (χ0) is 8.41. The Hall–Kier alpha value is -0.910. The molecule has 2 unspecified atom stereocenters. The third-order valence-electron chi connectivity index (χ3n) is 4.35. The summed E-state index contributed by atoms with van der Waals surface area (Å²) in [5, 5.41) is 0. The minimum absolute atomic E-state index is 0.974. The Morgan fingerprint density at radius 2 is 1.69 bits per heavy atom. The standard InChI is InChI=1S/C13H13/c1-2-4-8(5-3-1)12-9-6-10-11(7-9)13(10)12/h1-5,9-11,13H,6-7H2/q+1. The second-order valence-corrected chi connectivity index (χ2v) is 4.84. The molecule has 0 amide bonds. The molecule has 0 saturated heterocycles. The van der Waals surface area contributed by atoms with Crippen LogP contribution < -0.4 is 0 Å². The first-order valence-electron chi connectivity index (χ1n) is 5.37. The minimum Gasteiger partial charge on any atom is -0.0356 e. The van der Waals surface area contributed by atoms with Gasteiger partial charge in [-0.3, -0.25) is 0 Å². The van der Waals surface area contributed by atoms with Crippen LogP contribution in [0.4, 0.5) is 0 Å². The van der Waals surface area contributed by atoms with Crippen molar-refractivity contribution in [2.45, 2.75) is 12.8 Å². The van der Waals surface area contributed by atoms with E-state index in [1.165, 1.54) is 12.8 Å². The van der Waals surface area contributed by atoms with E-state index in [0.29, 0.717) is 0 Å². The lowest BCUT2D eigenvalue weighted by molar-refractivity contribution is 0.642. The Morgan fingerprint density at radius 3 is 2.23 bits per heavy atom. The van der Waals surface area contributed by atoms with Gasteiger partial charge >= 0.3 is 0 Å². The molecule has 4 aliphatic carbocycles. The molecule has 64 valence electrons. The molecule has 4 fully saturated rings. The molecule has 1 aromatic rings. The maximum atomic E-state index is 2.30. The van der Waals surface area contributed by atoms with E-state index < -0.39 is 0 Å². The van der Waals surface area contributed by atoms with E-state index in [1.54, 1.807) is 5.56 Å². The van der Waals surface area contributed by atoms with Crippen LogP contribution in [0.15, 0.2) is 30.3 Å². The number of benzene rings is 1. The van der Waals surface area contributed by atoms with Crippen molar-refractivity contribution in [3.05, 3.63) is 41.8 Å². The fourth-order valence-corrected chi connectivity index (χ4v) is 3.89. The summed E-state index contributed by atoms with van der Waals surface area (Å²) in [4.78, 5) is 0. The summed E-state index contributed by atoms with van der Waals surface area (Å²) >= 11 is 0. The largest absolute Gasteiger partial charge is 0.133 e. The fraction of sp³-hybridized carbons (Fsp3) is 0.462. The van der Waals surface area contributed by atoms with E-state index in [1.807, 2.05) is 5.92 Å². The first-order chi connectivity index (χ1) is 6.45. The summed E-state index contributed by atoms with van der Waals surface area (Å²) < 4.78 is 0. The molecular weight excluding hydrogens is 156 g/mol. The maximum Gasteiger partial charge on any atom is 0.133 e. The van der Waals surface area contributed by atoms with E-state index in [4.69, 9.17) is 0 Å². The van der Waals surface area contributed by atoms with E-state index in [0.717, 1.165) is 23.7 Å². The van der Waals surface area contributed by atoms with Gasteiger partial charge in [0, 0.05) is 29.9 Å². The lowest BCUT2D eigenvalue weighted by Crippen LogP contribution is -2.03. The van der Waals surface area contributed by atoms with Crippen LogP contribution >= 0.6 is 0 Å². The molecule has 0 aliphatic heterocycles. The van der Waals surface area contributed by atoms with Crippen molar-refractivity contribution in [2.75, 3.05) is 0 Å². The zero-order valence-corrected chi connectivity index (χ0v) is 7.61. The van der Waals surface area contributed by atoms with Gasteiger partial charge in [-0.25, -0.2) is 0 Å². The van der Waals surface area contributed by atoms with Gasteiger partial charge in [0.1, 0.15) is 5.56 Å². The Kier molecular flexibility index (Phi) is 0.977. The summed E-state index contributed by atoms with van der Waals surface area (Å²) in [6.45, 7) is 0. The second kappa shape index (κ2) is 1.95. The summed E-state index contributed by atoms with van der Waals surface area (Å²) in [5.41, 5.74) is 1.54. The predicted molar refractivity (Wildman–Crippen MR) is 52.0 cm³/mol. The number of hydrogen-bond acceptors (Lipinski definition) is 0. The van der Waals surface area contributed by atoms with Gasteiger partial charge < -0.3 is 0 Å². The summed E-state index contributed by atoms with van der Waals surface area (Å²) in [6.07, 6.45) is 3.03. The van der Waals surface area contributed by atoms with Gasteiger partial charge in [0.25, 0.3) is 0 Å². The molecule has 2 atom stereocenters. The van der Waals surface area contributed by atoms with E-state index >= 15 is 0 Å². The highest BCUT2D eigenvalue weighted by atomic mass is 14.7. The highest BCUT2D eigenvalue weighted by Gasteiger charge is 2.72. The third kappa shape index (κ3) is 0.666. The van der Waals surface area contributed by atoms with Crippen LogP contribution in [0.1, 0.15) is 18.4 Å². The molecule has 4 aliphatic rings. The molecule has 0 N–H and O–H groups in total. The minimum atomic E-state index is 0.974. The molecule has 0 heteroatoms. The molecule has 4 bridgehead atoms. The highest BCUT2D eigenvalue weighted by molar-refractivity contribution is 5.44. The normalized spacial score (nSPS) is 44.2. The first kappa shape index (κ1) is 6.53. The Balaban J connectivity index is 1.77. The van der Waals surface area contributed by atoms with Crippen LogP contribution in [0.5, 0.6) is 0 Å². The molecule has 0 radical (unpaired) electrons. The van der Waals surface area contributed by atoms with Gasteiger partial charge in [-0.15, -0.1) is 0 Å². The molecule has 0 aromatic heterocycles. The SMILES string of the molecule is c1ccc([C+]2C3CC4C(C3)C24)cc1. The second-order valence-electron chi connectivity index (χ2n) is 4.84. The zero-order valence-electron chi connectivity index (χ0n) is 7.61. The summed E-state index contributed by atoms with van der Waals surface area (Å²) in [6, 6.07) is 11.1. The van der Waals surface area contributed by atoms with Crippen LogP contribution in [0.2, 0.25) is 0 Å². The van der Waals surface area contributed by atoms with Crippen LogP contribution in [0.3, 0.4) is 0 Å². The van der Waals surface area contributed by atoms with Crippen LogP contribution in [-0.4, -0.2) is 0 Å². The first-order valence-corrected chi connectivity index (χ1v) is 5.37. The molecule has 0 heterocycles. The lowest BCUT2D eigenvalue weighted by atomic mass is 9.90. The monoisotopic (exact) mass is 169 g/mol. The van der Waals surface area contributed by atoms with Crippen molar-refractivity contribution in [1.29, 1.82) is 0 Å². The van der Waals surface area contributed by atoms with Crippen LogP contribution in [0.25, 0.3) is 0 Å². The number of hydrogen-bond donors (Lipinski definition) is 0. The van der Waals surface area contributed by atoms with Gasteiger partial charge in [0.2, 0.25) is 0 Å². The van der Waals surface area contributed by atoms with E-state index in [-0.39, 0.29) is 0 Å². The Morgan fingerprint density at radius 1 is 1.00 bits per heavy atom. The smallest absolute Gasteiger partial charge is 0.0356 e. The molecule has 5 rings (SSSR count). The van der Waals surface area contributed by atoms with Crippen LogP contribution in [-0.2, 0) is 0 Å². The van der Waals surface area contributed by atoms with Gasteiger partial charge in [-0.2, -0.15) is 0 Å². The van der Waals surface area contributed by atoms with Crippen molar-refractivity contribution >= 4 is 0 Å². The van der Waals surface area contributed by atoms with Crippen molar-refractivity contribution in [2.24, 2.45) is 23.7 Å². The summed E-state index contributed by atoms with van der Waals surface area (Å²) in [7, 11) is 0. The van der Waals surface area contributed by atoms with Gasteiger partial charge in [-0.1, -0.05) is 0 Å². The van der Waals surface area contributed by atoms with Gasteiger partial charge in [0.05, 0.1) is 0 Å². The fourth-order valence-electron chi connectivity index (χ4n) is 3.89. The quantitative estimate of drug-likeness (QED) is 0.567. The average molecular weight is 169 g/mol.